The summed E-state index contributed by atoms with van der Waals surface area (Å²) in [7, 11) is 3.45. The van der Waals surface area contributed by atoms with Gasteiger partial charge in [0.05, 0.1) is 7.11 Å². The fourth-order valence-electron chi connectivity index (χ4n) is 1.43. The molecule has 2 N–H and O–H groups in total. The summed E-state index contributed by atoms with van der Waals surface area (Å²) in [6.07, 6.45) is 1.08. The van der Waals surface area contributed by atoms with E-state index >= 15 is 0 Å². The first-order chi connectivity index (χ1) is 8.30. The first-order valence-electron chi connectivity index (χ1n) is 5.87. The number of guanidine groups is 1. The number of rotatable bonds is 5. The van der Waals surface area contributed by atoms with Crippen LogP contribution in [-0.4, -0.2) is 26.7 Å². The van der Waals surface area contributed by atoms with Crippen molar-refractivity contribution in [1.29, 1.82) is 0 Å². The normalized spacial score (nSPS) is 11.1. The van der Waals surface area contributed by atoms with E-state index in [1.807, 2.05) is 18.2 Å². The largest absolute Gasteiger partial charge is 0.497 e. The molecule has 0 fully saturated rings. The van der Waals surface area contributed by atoms with Gasteiger partial charge in [0.1, 0.15) is 5.75 Å². The van der Waals surface area contributed by atoms with Gasteiger partial charge in [0, 0.05) is 20.1 Å². The van der Waals surface area contributed by atoms with Gasteiger partial charge < -0.3 is 15.4 Å². The lowest BCUT2D eigenvalue weighted by atomic mass is 10.2. The minimum atomic E-state index is 0.737. The van der Waals surface area contributed by atoms with Gasteiger partial charge in [-0.15, -0.1) is 0 Å². The molecule has 1 rings (SSSR count). The second kappa shape index (κ2) is 7.54. The maximum Gasteiger partial charge on any atom is 0.191 e. The molecule has 0 amide bonds. The number of aliphatic imine (C=N–C) groups is 1. The van der Waals surface area contributed by atoms with Crippen molar-refractivity contribution < 1.29 is 4.74 Å². The van der Waals surface area contributed by atoms with E-state index in [4.69, 9.17) is 4.74 Å². The van der Waals surface area contributed by atoms with Crippen LogP contribution >= 0.6 is 0 Å². The zero-order valence-electron chi connectivity index (χ0n) is 10.8. The molecule has 0 bridgehead atoms. The molecular formula is C13H21N3O. The van der Waals surface area contributed by atoms with Crippen LogP contribution in [0.25, 0.3) is 0 Å². The number of hydrogen-bond donors (Lipinski definition) is 2. The highest BCUT2D eigenvalue weighted by Gasteiger charge is 1.98. The lowest BCUT2D eigenvalue weighted by molar-refractivity contribution is 0.414. The molecule has 0 aliphatic heterocycles. The minimum absolute atomic E-state index is 0.737. The highest BCUT2D eigenvalue weighted by molar-refractivity contribution is 5.79. The molecule has 0 radical (unpaired) electrons. The monoisotopic (exact) mass is 235 g/mol. The van der Waals surface area contributed by atoms with Gasteiger partial charge in [-0.2, -0.15) is 0 Å². The molecule has 0 spiro atoms. The molecule has 1 aromatic carbocycles. The molecular weight excluding hydrogens is 214 g/mol. The zero-order chi connectivity index (χ0) is 12.5. The Balaban J connectivity index is 2.48. The second-order valence-electron chi connectivity index (χ2n) is 3.70. The molecule has 0 aliphatic rings. The molecule has 0 aliphatic carbocycles. The predicted molar refractivity (Wildman–Crippen MR) is 71.5 cm³/mol. The van der Waals surface area contributed by atoms with Crippen LogP contribution in [0.15, 0.2) is 29.3 Å². The van der Waals surface area contributed by atoms with Crippen molar-refractivity contribution in [1.82, 2.24) is 10.6 Å². The number of nitrogens with one attached hydrogen (secondary N) is 2. The first-order valence-corrected chi connectivity index (χ1v) is 5.87. The van der Waals surface area contributed by atoms with Gasteiger partial charge in [0.2, 0.25) is 0 Å². The van der Waals surface area contributed by atoms with Gasteiger partial charge in [-0.05, 0) is 24.1 Å². The lowest BCUT2D eigenvalue weighted by Crippen LogP contribution is -2.37. The van der Waals surface area contributed by atoms with Crippen LogP contribution in [0, 0.1) is 0 Å². The molecule has 0 saturated heterocycles. The SMILES string of the molecule is CCCNC(=NC)NCc1cccc(OC)c1. The smallest absolute Gasteiger partial charge is 0.191 e. The second-order valence-corrected chi connectivity index (χ2v) is 3.70. The third kappa shape index (κ3) is 4.76. The number of ether oxygens (including phenoxy) is 1. The maximum absolute atomic E-state index is 5.18. The summed E-state index contributed by atoms with van der Waals surface area (Å²) in [5.41, 5.74) is 1.17. The Morgan fingerprint density at radius 3 is 2.82 bits per heavy atom. The standard InChI is InChI=1S/C13H21N3O/c1-4-8-15-13(14-2)16-10-11-6-5-7-12(9-11)17-3/h5-7,9H,4,8,10H2,1-3H3,(H2,14,15,16). The highest BCUT2D eigenvalue weighted by atomic mass is 16.5. The summed E-state index contributed by atoms with van der Waals surface area (Å²) in [4.78, 5) is 4.15. The van der Waals surface area contributed by atoms with Crippen molar-refractivity contribution in [2.75, 3.05) is 20.7 Å². The van der Waals surface area contributed by atoms with Gasteiger partial charge in [-0.1, -0.05) is 19.1 Å². The Labute approximate surface area is 103 Å². The number of benzene rings is 1. The number of methoxy groups -OCH3 is 1. The zero-order valence-corrected chi connectivity index (χ0v) is 10.8. The quantitative estimate of drug-likeness (QED) is 0.604. The van der Waals surface area contributed by atoms with Crippen molar-refractivity contribution in [3.63, 3.8) is 0 Å². The van der Waals surface area contributed by atoms with Gasteiger partial charge in [0.25, 0.3) is 0 Å². The first kappa shape index (κ1) is 13.4. The Kier molecular flexibility index (Phi) is 5.93. The fourth-order valence-corrected chi connectivity index (χ4v) is 1.43. The summed E-state index contributed by atoms with van der Waals surface area (Å²) < 4.78 is 5.18. The lowest BCUT2D eigenvalue weighted by Gasteiger charge is -2.11. The Morgan fingerprint density at radius 2 is 2.18 bits per heavy atom. The highest BCUT2D eigenvalue weighted by Crippen LogP contribution is 2.11. The van der Waals surface area contributed by atoms with E-state index < -0.39 is 0 Å². The van der Waals surface area contributed by atoms with Crippen molar-refractivity contribution in [2.45, 2.75) is 19.9 Å². The molecule has 17 heavy (non-hydrogen) atoms. The van der Waals surface area contributed by atoms with E-state index in [1.54, 1.807) is 14.2 Å². The van der Waals surface area contributed by atoms with Crippen molar-refractivity contribution in [3.05, 3.63) is 29.8 Å². The van der Waals surface area contributed by atoms with E-state index in [-0.39, 0.29) is 0 Å². The number of nitrogens with zero attached hydrogens (tertiary/aromatic N) is 1. The number of hydrogen-bond acceptors (Lipinski definition) is 2. The van der Waals surface area contributed by atoms with Crippen molar-refractivity contribution in [2.24, 2.45) is 4.99 Å². The summed E-state index contributed by atoms with van der Waals surface area (Å²) in [6.45, 7) is 3.79. The third-order valence-corrected chi connectivity index (χ3v) is 2.36. The fraction of sp³-hybridized carbons (Fsp3) is 0.462. The van der Waals surface area contributed by atoms with Gasteiger partial charge in [0.15, 0.2) is 5.96 Å². The van der Waals surface area contributed by atoms with Gasteiger partial charge >= 0.3 is 0 Å². The molecule has 0 saturated carbocycles. The minimum Gasteiger partial charge on any atom is -0.497 e. The third-order valence-electron chi connectivity index (χ3n) is 2.36. The van der Waals surface area contributed by atoms with Crippen LogP contribution in [0.5, 0.6) is 5.75 Å². The molecule has 94 valence electrons. The average molecular weight is 235 g/mol. The predicted octanol–water partition coefficient (Wildman–Crippen LogP) is 1.77. The van der Waals surface area contributed by atoms with E-state index in [0.29, 0.717) is 0 Å². The van der Waals surface area contributed by atoms with E-state index in [1.165, 1.54) is 5.56 Å². The van der Waals surface area contributed by atoms with E-state index in [9.17, 15) is 0 Å². The molecule has 0 atom stereocenters. The van der Waals surface area contributed by atoms with E-state index in [2.05, 4.69) is 28.6 Å². The Hall–Kier alpha value is -1.71. The topological polar surface area (TPSA) is 45.7 Å². The molecule has 1 aromatic rings. The molecule has 4 heteroatoms. The van der Waals surface area contributed by atoms with Crippen LogP contribution in [0.2, 0.25) is 0 Å². The molecule has 0 aromatic heterocycles. The summed E-state index contributed by atoms with van der Waals surface area (Å²) in [6, 6.07) is 7.99. The Morgan fingerprint density at radius 1 is 1.35 bits per heavy atom. The summed E-state index contributed by atoms with van der Waals surface area (Å²) >= 11 is 0. The van der Waals surface area contributed by atoms with Crippen molar-refractivity contribution in [3.8, 4) is 5.75 Å². The molecule has 4 nitrogen and oxygen atoms in total. The maximum atomic E-state index is 5.18. The summed E-state index contributed by atoms with van der Waals surface area (Å²) in [5, 5.41) is 6.48. The van der Waals surface area contributed by atoms with E-state index in [0.717, 1.165) is 31.2 Å². The summed E-state index contributed by atoms with van der Waals surface area (Å²) in [5.74, 6) is 1.70. The van der Waals surface area contributed by atoms with Gasteiger partial charge in [-0.25, -0.2) is 0 Å². The van der Waals surface area contributed by atoms with Crippen LogP contribution < -0.4 is 15.4 Å². The van der Waals surface area contributed by atoms with Gasteiger partial charge in [-0.3, -0.25) is 4.99 Å². The average Bonchev–Trinajstić information content (AvgIpc) is 2.39. The molecule has 0 unspecified atom stereocenters. The van der Waals surface area contributed by atoms with Crippen LogP contribution in [0.3, 0.4) is 0 Å². The van der Waals surface area contributed by atoms with Crippen LogP contribution in [-0.2, 0) is 6.54 Å². The van der Waals surface area contributed by atoms with Crippen LogP contribution in [0.1, 0.15) is 18.9 Å². The Bertz CT molecular complexity index is 363. The molecule has 0 heterocycles. The van der Waals surface area contributed by atoms with Crippen LogP contribution in [0.4, 0.5) is 0 Å². The van der Waals surface area contributed by atoms with Crippen molar-refractivity contribution >= 4 is 5.96 Å².